The number of carbonyl (C=O) groups is 3. The Morgan fingerprint density at radius 1 is 1.07 bits per heavy atom. The van der Waals surface area contributed by atoms with E-state index in [0.29, 0.717) is 17.9 Å². The molecule has 2 aromatic rings. The number of hydrogen-bond donors (Lipinski definition) is 2. The number of nitrogens with one attached hydrogen (secondary N) is 2. The van der Waals surface area contributed by atoms with Gasteiger partial charge in [-0.15, -0.1) is 0 Å². The fourth-order valence-electron chi connectivity index (χ4n) is 2.29. The lowest BCUT2D eigenvalue weighted by atomic mass is 10.2. The van der Waals surface area contributed by atoms with Crippen molar-refractivity contribution in [3.63, 3.8) is 0 Å². The highest BCUT2D eigenvalue weighted by Crippen LogP contribution is 2.36. The Morgan fingerprint density at radius 2 is 1.76 bits per heavy atom. The molecule has 0 radical (unpaired) electrons. The summed E-state index contributed by atoms with van der Waals surface area (Å²) in [6.45, 7) is 3.52. The Bertz CT molecular complexity index is 888. The summed E-state index contributed by atoms with van der Waals surface area (Å²) >= 11 is 6.14. The van der Waals surface area contributed by atoms with Gasteiger partial charge < -0.3 is 14.2 Å². The van der Waals surface area contributed by atoms with Crippen LogP contribution in [0.4, 0.5) is 0 Å². The highest BCUT2D eigenvalue weighted by molar-refractivity contribution is 6.32. The lowest BCUT2D eigenvalue weighted by molar-refractivity contribution is -0.129. The van der Waals surface area contributed by atoms with Crippen molar-refractivity contribution in [1.82, 2.24) is 10.9 Å². The van der Waals surface area contributed by atoms with E-state index in [9.17, 15) is 14.4 Å². The summed E-state index contributed by atoms with van der Waals surface area (Å²) in [5.74, 6) is -1.42. The van der Waals surface area contributed by atoms with E-state index in [2.05, 4.69) is 10.9 Å². The fourth-order valence-corrected chi connectivity index (χ4v) is 2.55. The maximum atomic E-state index is 12.4. The topological polar surface area (TPSA) is 103 Å². The average molecular weight is 421 g/mol. The summed E-state index contributed by atoms with van der Waals surface area (Å²) in [7, 11) is 1.41. The van der Waals surface area contributed by atoms with Crippen molar-refractivity contribution >= 4 is 29.4 Å². The van der Waals surface area contributed by atoms with Gasteiger partial charge in [0.1, 0.15) is 0 Å². The second-order valence-electron chi connectivity index (χ2n) is 5.78. The molecule has 2 rings (SSSR count). The minimum Gasteiger partial charge on any atom is -0.493 e. The first-order chi connectivity index (χ1) is 13.9. The third kappa shape index (κ3) is 5.86. The molecule has 0 aromatic heterocycles. The van der Waals surface area contributed by atoms with Crippen LogP contribution < -0.4 is 20.3 Å². The molecule has 0 bridgehead atoms. The van der Waals surface area contributed by atoms with Crippen LogP contribution in [0, 0.1) is 0 Å². The second kappa shape index (κ2) is 10.3. The normalized spacial score (nSPS) is 11.2. The summed E-state index contributed by atoms with van der Waals surface area (Å²) in [4.78, 5) is 36.4. The van der Waals surface area contributed by atoms with E-state index in [1.165, 1.54) is 26.2 Å². The van der Waals surface area contributed by atoms with Crippen molar-refractivity contribution in [2.75, 3.05) is 13.7 Å². The molecule has 0 unspecified atom stereocenters. The van der Waals surface area contributed by atoms with Gasteiger partial charge in [-0.25, -0.2) is 4.79 Å². The molecule has 1 atom stereocenters. The van der Waals surface area contributed by atoms with Gasteiger partial charge in [-0.05, 0) is 38.1 Å². The van der Waals surface area contributed by atoms with Crippen LogP contribution in [0.2, 0.25) is 5.02 Å². The van der Waals surface area contributed by atoms with Gasteiger partial charge in [0.15, 0.2) is 17.6 Å². The zero-order valence-corrected chi connectivity index (χ0v) is 16.9. The molecule has 154 valence electrons. The van der Waals surface area contributed by atoms with E-state index in [-0.39, 0.29) is 16.3 Å². The van der Waals surface area contributed by atoms with E-state index in [4.69, 9.17) is 25.8 Å². The smallest absolute Gasteiger partial charge is 0.339 e. The highest BCUT2D eigenvalue weighted by atomic mass is 35.5. The SMILES string of the molecule is CCOc1c(Cl)cc(C(=O)O[C@@H](C)C(=O)NNC(=O)c2ccccc2)cc1OC. The summed E-state index contributed by atoms with van der Waals surface area (Å²) in [5.41, 5.74) is 4.92. The Labute approximate surface area is 173 Å². The third-order valence-corrected chi connectivity index (χ3v) is 4.02. The maximum absolute atomic E-state index is 12.4. The Kier molecular flexibility index (Phi) is 7.85. The number of hydrogen-bond acceptors (Lipinski definition) is 6. The number of amides is 2. The molecule has 0 heterocycles. The first-order valence-corrected chi connectivity index (χ1v) is 9.11. The molecular weight excluding hydrogens is 400 g/mol. The predicted octanol–water partition coefficient (Wildman–Crippen LogP) is 2.75. The van der Waals surface area contributed by atoms with Crippen LogP contribution in [0.3, 0.4) is 0 Å². The molecule has 0 spiro atoms. The Hall–Kier alpha value is -3.26. The molecule has 0 saturated heterocycles. The van der Waals surface area contributed by atoms with Gasteiger partial charge in [0, 0.05) is 5.56 Å². The number of hydrazine groups is 1. The minimum absolute atomic E-state index is 0.0864. The van der Waals surface area contributed by atoms with Gasteiger partial charge >= 0.3 is 5.97 Å². The van der Waals surface area contributed by atoms with Gasteiger partial charge in [-0.3, -0.25) is 20.4 Å². The number of rotatable bonds is 7. The Morgan fingerprint density at radius 3 is 2.38 bits per heavy atom. The summed E-state index contributed by atoms with van der Waals surface area (Å²) < 4.78 is 15.7. The summed E-state index contributed by atoms with van der Waals surface area (Å²) in [5, 5.41) is 0.172. The average Bonchev–Trinajstić information content (AvgIpc) is 2.73. The van der Waals surface area contributed by atoms with Crippen LogP contribution >= 0.6 is 11.6 Å². The van der Waals surface area contributed by atoms with Crippen molar-refractivity contribution in [1.29, 1.82) is 0 Å². The van der Waals surface area contributed by atoms with E-state index in [1.807, 2.05) is 0 Å². The predicted molar refractivity (Wildman–Crippen MR) is 106 cm³/mol. The van der Waals surface area contributed by atoms with E-state index >= 15 is 0 Å². The van der Waals surface area contributed by atoms with Crippen molar-refractivity contribution in [2.24, 2.45) is 0 Å². The van der Waals surface area contributed by atoms with Crippen molar-refractivity contribution in [3.8, 4) is 11.5 Å². The molecule has 9 heteroatoms. The first kappa shape index (κ1) is 22.0. The lowest BCUT2D eigenvalue weighted by Gasteiger charge is -2.16. The molecule has 2 aromatic carbocycles. The van der Waals surface area contributed by atoms with Crippen molar-refractivity contribution < 1.29 is 28.6 Å². The maximum Gasteiger partial charge on any atom is 0.339 e. The molecule has 29 heavy (non-hydrogen) atoms. The standard InChI is InChI=1S/C20H21ClN2O6/c1-4-28-17-15(21)10-14(11-16(17)27-3)20(26)29-12(2)18(24)22-23-19(25)13-8-6-5-7-9-13/h5-12H,4H2,1-3H3,(H,22,24)(H,23,25)/t12-/m0/s1. The first-order valence-electron chi connectivity index (χ1n) is 8.73. The number of carbonyl (C=O) groups excluding carboxylic acids is 3. The van der Waals surface area contributed by atoms with Gasteiger partial charge in [0.05, 0.1) is 24.3 Å². The van der Waals surface area contributed by atoms with Crippen LogP contribution in [0.5, 0.6) is 11.5 Å². The second-order valence-corrected chi connectivity index (χ2v) is 6.19. The summed E-state index contributed by atoms with van der Waals surface area (Å²) in [6.07, 6.45) is -1.17. The van der Waals surface area contributed by atoms with Crippen LogP contribution in [0.15, 0.2) is 42.5 Å². The highest BCUT2D eigenvalue weighted by Gasteiger charge is 2.22. The van der Waals surface area contributed by atoms with Crippen molar-refractivity contribution in [3.05, 3.63) is 58.6 Å². The third-order valence-electron chi connectivity index (χ3n) is 3.74. The molecule has 0 fully saturated rings. The number of ether oxygens (including phenoxy) is 3. The van der Waals surface area contributed by atoms with Gasteiger partial charge in [-0.1, -0.05) is 29.8 Å². The van der Waals surface area contributed by atoms with Crippen molar-refractivity contribution in [2.45, 2.75) is 20.0 Å². The largest absolute Gasteiger partial charge is 0.493 e. The lowest BCUT2D eigenvalue weighted by Crippen LogP contribution is -2.46. The number of benzene rings is 2. The van der Waals surface area contributed by atoms with Gasteiger partial charge in [0.25, 0.3) is 11.8 Å². The molecule has 0 aliphatic carbocycles. The molecule has 0 aliphatic heterocycles. The Balaban J connectivity index is 1.98. The van der Waals surface area contributed by atoms with Crippen LogP contribution in [-0.2, 0) is 9.53 Å². The number of halogens is 1. The monoisotopic (exact) mass is 420 g/mol. The molecule has 2 amide bonds. The molecular formula is C20H21ClN2O6. The van der Waals surface area contributed by atoms with Crippen LogP contribution in [0.25, 0.3) is 0 Å². The van der Waals surface area contributed by atoms with E-state index in [1.54, 1.807) is 37.3 Å². The van der Waals surface area contributed by atoms with Crippen LogP contribution in [-0.4, -0.2) is 37.6 Å². The molecule has 0 saturated carbocycles. The zero-order chi connectivity index (χ0) is 21.4. The minimum atomic E-state index is -1.17. The van der Waals surface area contributed by atoms with Gasteiger partial charge in [0.2, 0.25) is 0 Å². The van der Waals surface area contributed by atoms with E-state index < -0.39 is 23.9 Å². The number of methoxy groups -OCH3 is 1. The quantitative estimate of drug-likeness (QED) is 0.527. The molecule has 8 nitrogen and oxygen atoms in total. The number of esters is 1. The summed E-state index contributed by atoms with van der Waals surface area (Å²) in [6, 6.07) is 11.1. The molecule has 2 N–H and O–H groups in total. The van der Waals surface area contributed by atoms with Crippen LogP contribution in [0.1, 0.15) is 34.6 Å². The zero-order valence-electron chi connectivity index (χ0n) is 16.2. The van der Waals surface area contributed by atoms with Gasteiger partial charge in [-0.2, -0.15) is 0 Å². The molecule has 0 aliphatic rings. The van der Waals surface area contributed by atoms with E-state index in [0.717, 1.165) is 0 Å². The fraction of sp³-hybridized carbons (Fsp3) is 0.250.